The van der Waals surface area contributed by atoms with Crippen LogP contribution in [0.3, 0.4) is 0 Å². The van der Waals surface area contributed by atoms with Crippen molar-refractivity contribution in [2.75, 3.05) is 46.1 Å². The fraction of sp³-hybridized carbons (Fsp3) is 0.844. The van der Waals surface area contributed by atoms with Crippen molar-refractivity contribution in [3.8, 4) is 0 Å². The van der Waals surface area contributed by atoms with Gasteiger partial charge in [0, 0.05) is 50.4 Å². The maximum absolute atomic E-state index is 12.7. The molecule has 6 rings (SSSR count). The molecule has 0 aromatic heterocycles. The van der Waals surface area contributed by atoms with Crippen LogP contribution in [0, 0.1) is 34.5 Å². The maximum atomic E-state index is 12.7. The van der Waals surface area contributed by atoms with Gasteiger partial charge < -0.3 is 28.8 Å². The fourth-order valence-electron chi connectivity index (χ4n) is 10.1. The summed E-state index contributed by atoms with van der Waals surface area (Å²) in [5, 5.41) is 12.7. The van der Waals surface area contributed by atoms with E-state index >= 15 is 0 Å². The topological polar surface area (TPSA) is 121 Å². The first-order valence-electron chi connectivity index (χ1n) is 15.9. The van der Waals surface area contributed by atoms with Gasteiger partial charge in [0.2, 0.25) is 0 Å². The van der Waals surface area contributed by atoms with Crippen LogP contribution in [0.1, 0.15) is 72.1 Å². The highest BCUT2D eigenvalue weighted by Gasteiger charge is 2.71. The SMILES string of the molecule is CC(=O)O[C@H]1C[C@]2(O)[C@@H]3CC[C@@H]4C[C@@H](OC(=O)OCCN5CCOCC5)CC[C@]4(C)[C@H]3CC[C@]2(C)[C@H]1C1=CC(=O)OC1. The van der Waals surface area contributed by atoms with Gasteiger partial charge in [-0.3, -0.25) is 9.69 Å². The highest BCUT2D eigenvalue weighted by molar-refractivity contribution is 5.85. The van der Waals surface area contributed by atoms with Crippen molar-refractivity contribution in [3.05, 3.63) is 11.6 Å². The average molecular weight is 590 g/mol. The van der Waals surface area contributed by atoms with Gasteiger partial charge in [-0.2, -0.15) is 0 Å². The van der Waals surface area contributed by atoms with Gasteiger partial charge in [-0.15, -0.1) is 0 Å². The number of hydrogen-bond acceptors (Lipinski definition) is 10. The van der Waals surface area contributed by atoms with Gasteiger partial charge in [-0.25, -0.2) is 9.59 Å². The number of nitrogens with zero attached hydrogens (tertiary/aromatic N) is 1. The van der Waals surface area contributed by atoms with E-state index in [2.05, 4.69) is 18.7 Å². The minimum Gasteiger partial charge on any atom is -0.462 e. The molecule has 0 spiro atoms. The average Bonchev–Trinajstić information content (AvgIpc) is 3.46. The zero-order chi connectivity index (χ0) is 29.7. The van der Waals surface area contributed by atoms with Crippen LogP contribution in [0.25, 0.3) is 0 Å². The quantitative estimate of drug-likeness (QED) is 0.363. The Morgan fingerprint density at radius 1 is 1.07 bits per heavy atom. The molecule has 0 bridgehead atoms. The van der Waals surface area contributed by atoms with Crippen LogP contribution < -0.4 is 0 Å². The summed E-state index contributed by atoms with van der Waals surface area (Å²) in [6.07, 6.45) is 6.83. The molecule has 0 aromatic rings. The summed E-state index contributed by atoms with van der Waals surface area (Å²) in [5.74, 6) is -0.191. The Bertz CT molecular complexity index is 1100. The fourth-order valence-corrected chi connectivity index (χ4v) is 10.1. The second-order valence-corrected chi connectivity index (χ2v) is 14.1. The van der Waals surface area contributed by atoms with Crippen LogP contribution in [0.2, 0.25) is 0 Å². The van der Waals surface area contributed by atoms with Crippen molar-refractivity contribution in [2.45, 2.75) is 89.9 Å². The second kappa shape index (κ2) is 11.4. The van der Waals surface area contributed by atoms with E-state index in [1.54, 1.807) is 0 Å². The molecule has 0 amide bonds. The number of carbonyl (C=O) groups excluding carboxylic acids is 3. The first-order chi connectivity index (χ1) is 20.0. The van der Waals surface area contributed by atoms with E-state index in [0.29, 0.717) is 44.6 Å². The van der Waals surface area contributed by atoms with Crippen LogP contribution in [0.15, 0.2) is 11.6 Å². The molecule has 0 radical (unpaired) electrons. The highest BCUT2D eigenvalue weighted by Crippen LogP contribution is 2.70. The summed E-state index contributed by atoms with van der Waals surface area (Å²) in [5.41, 5.74) is -0.681. The lowest BCUT2D eigenvalue weighted by Gasteiger charge is -2.63. The third-order valence-electron chi connectivity index (χ3n) is 12.2. The Kier molecular flexibility index (Phi) is 8.11. The van der Waals surface area contributed by atoms with E-state index in [9.17, 15) is 19.5 Å². The summed E-state index contributed by atoms with van der Waals surface area (Å²) in [4.78, 5) is 38.9. The van der Waals surface area contributed by atoms with E-state index in [1.807, 2.05) is 0 Å². The van der Waals surface area contributed by atoms with Crippen molar-refractivity contribution in [1.82, 2.24) is 4.90 Å². The Balaban J connectivity index is 1.12. The summed E-state index contributed by atoms with van der Waals surface area (Å²) in [7, 11) is 0. The minimum atomic E-state index is -1.02. The number of morpholine rings is 1. The molecule has 4 saturated carbocycles. The van der Waals surface area contributed by atoms with E-state index in [4.69, 9.17) is 23.7 Å². The molecule has 10 nitrogen and oxygen atoms in total. The van der Waals surface area contributed by atoms with Crippen LogP contribution in [0.5, 0.6) is 0 Å². The molecule has 0 aromatic carbocycles. The predicted molar refractivity (Wildman–Crippen MR) is 150 cm³/mol. The molecule has 4 aliphatic carbocycles. The summed E-state index contributed by atoms with van der Waals surface area (Å²) < 4.78 is 27.7. The second-order valence-electron chi connectivity index (χ2n) is 14.1. The number of carbonyl (C=O) groups is 3. The van der Waals surface area contributed by atoms with Crippen LogP contribution in [-0.2, 0) is 33.3 Å². The van der Waals surface area contributed by atoms with Gasteiger partial charge in [-0.1, -0.05) is 13.8 Å². The number of cyclic esters (lactones) is 1. The molecule has 6 aliphatic rings. The number of hydrogen-bond donors (Lipinski definition) is 1. The zero-order valence-corrected chi connectivity index (χ0v) is 25.3. The molecule has 9 atom stereocenters. The van der Waals surface area contributed by atoms with Crippen molar-refractivity contribution >= 4 is 18.1 Å². The Labute approximate surface area is 248 Å². The summed E-state index contributed by atoms with van der Waals surface area (Å²) in [6.45, 7) is 10.3. The zero-order valence-electron chi connectivity index (χ0n) is 25.3. The number of ether oxygens (including phenoxy) is 5. The van der Waals surface area contributed by atoms with Crippen molar-refractivity contribution in [3.63, 3.8) is 0 Å². The van der Waals surface area contributed by atoms with E-state index < -0.39 is 23.3 Å². The monoisotopic (exact) mass is 589 g/mol. The van der Waals surface area contributed by atoms with E-state index in [-0.39, 0.29) is 41.9 Å². The molecule has 2 heterocycles. The molecule has 10 heteroatoms. The van der Waals surface area contributed by atoms with Crippen LogP contribution in [0.4, 0.5) is 4.79 Å². The molecule has 42 heavy (non-hydrogen) atoms. The number of esters is 2. The van der Waals surface area contributed by atoms with Gasteiger partial charge in [0.1, 0.15) is 25.4 Å². The molecular weight excluding hydrogens is 542 g/mol. The standard InChI is InChI=1S/C32H47NO9/c1-20(34)41-26-18-32(37)25-5-4-22-17-23(42-29(36)39-15-12-33-10-13-38-14-11-33)6-8-30(22,2)24(25)7-9-31(32,3)28(26)21-16-27(35)40-19-21/h16,22-26,28,37H,4-15,17-19H2,1-3H3/t22-,23+,24+,25-,26+,28+,30+,31-,32+/m1/s1. The lowest BCUT2D eigenvalue weighted by atomic mass is 9.43. The maximum Gasteiger partial charge on any atom is 0.508 e. The van der Waals surface area contributed by atoms with Crippen LogP contribution in [-0.4, -0.2) is 92.0 Å². The summed E-state index contributed by atoms with van der Waals surface area (Å²) >= 11 is 0. The van der Waals surface area contributed by atoms with Gasteiger partial charge in [0.05, 0.1) is 18.8 Å². The highest BCUT2D eigenvalue weighted by atomic mass is 16.7. The lowest BCUT2D eigenvalue weighted by molar-refractivity contribution is -0.208. The largest absolute Gasteiger partial charge is 0.508 e. The third-order valence-corrected chi connectivity index (χ3v) is 12.2. The predicted octanol–water partition coefficient (Wildman–Crippen LogP) is 3.64. The molecule has 1 N–H and O–H groups in total. The van der Waals surface area contributed by atoms with Crippen molar-refractivity contribution in [1.29, 1.82) is 0 Å². The van der Waals surface area contributed by atoms with Gasteiger partial charge in [0.25, 0.3) is 0 Å². The molecule has 0 unspecified atom stereocenters. The van der Waals surface area contributed by atoms with Crippen molar-refractivity contribution in [2.24, 2.45) is 34.5 Å². The molecule has 2 aliphatic heterocycles. The summed E-state index contributed by atoms with van der Waals surface area (Å²) in [6, 6.07) is 0. The molecule has 234 valence electrons. The number of fused-ring (bicyclic) bond motifs is 5. The van der Waals surface area contributed by atoms with Crippen LogP contribution >= 0.6 is 0 Å². The normalized spacial score (nSPS) is 43.3. The first-order valence-corrected chi connectivity index (χ1v) is 15.9. The Morgan fingerprint density at radius 2 is 1.86 bits per heavy atom. The first kappa shape index (κ1) is 29.9. The molecule has 5 fully saturated rings. The van der Waals surface area contributed by atoms with Gasteiger partial charge >= 0.3 is 18.1 Å². The van der Waals surface area contributed by atoms with E-state index in [1.165, 1.54) is 13.0 Å². The Hall–Kier alpha value is -2.17. The van der Waals surface area contributed by atoms with Gasteiger partial charge in [-0.05, 0) is 73.7 Å². The Morgan fingerprint density at radius 3 is 2.57 bits per heavy atom. The van der Waals surface area contributed by atoms with Gasteiger partial charge in [0.15, 0.2) is 0 Å². The molecular formula is C32H47NO9. The lowest BCUT2D eigenvalue weighted by Crippen LogP contribution is -2.62. The van der Waals surface area contributed by atoms with Crippen molar-refractivity contribution < 1.29 is 43.2 Å². The molecule has 1 saturated heterocycles. The number of aliphatic hydroxyl groups is 1. The number of rotatable bonds is 6. The van der Waals surface area contributed by atoms with E-state index in [0.717, 1.165) is 63.6 Å². The minimum absolute atomic E-state index is 0.0286. The third kappa shape index (κ3) is 5.15. The smallest absolute Gasteiger partial charge is 0.462 e.